The second kappa shape index (κ2) is 9.18. The van der Waals surface area contributed by atoms with Crippen LogP contribution < -0.4 is 0 Å². The zero-order valence-electron chi connectivity index (χ0n) is 19.4. The zero-order chi connectivity index (χ0) is 23.8. The molecule has 0 spiro atoms. The first kappa shape index (κ1) is 23.1. The van der Waals surface area contributed by atoms with Gasteiger partial charge in [-0.05, 0) is 41.7 Å². The Morgan fingerprint density at radius 2 is 1.68 bits per heavy atom. The van der Waals surface area contributed by atoms with Crippen molar-refractivity contribution < 1.29 is 14.6 Å². The molecular formula is C29H30ClNO3. The van der Waals surface area contributed by atoms with Gasteiger partial charge in [-0.2, -0.15) is 0 Å². The van der Waals surface area contributed by atoms with Crippen LogP contribution in [-0.2, 0) is 21.7 Å². The number of ether oxygens (including phenoxy) is 1. The molecule has 5 rings (SSSR count). The van der Waals surface area contributed by atoms with Crippen LogP contribution in [0, 0.1) is 11.3 Å². The van der Waals surface area contributed by atoms with Crippen molar-refractivity contribution in [2.24, 2.45) is 11.3 Å². The molecule has 0 aromatic heterocycles. The largest absolute Gasteiger partial charge is 0.469 e. The number of halogens is 1. The summed E-state index contributed by atoms with van der Waals surface area (Å²) in [5.41, 5.74) is 1.10. The van der Waals surface area contributed by atoms with E-state index in [1.165, 1.54) is 12.7 Å². The van der Waals surface area contributed by atoms with Crippen LogP contribution in [-0.4, -0.2) is 36.2 Å². The van der Waals surface area contributed by atoms with E-state index in [0.717, 1.165) is 11.1 Å². The Morgan fingerprint density at radius 3 is 2.32 bits per heavy atom. The summed E-state index contributed by atoms with van der Waals surface area (Å²) in [5, 5.41) is 12.9. The van der Waals surface area contributed by atoms with E-state index >= 15 is 0 Å². The van der Waals surface area contributed by atoms with Gasteiger partial charge in [0.1, 0.15) is 0 Å². The average Bonchev–Trinajstić information content (AvgIpc) is 3.26. The van der Waals surface area contributed by atoms with Crippen LogP contribution in [0.1, 0.15) is 35.4 Å². The van der Waals surface area contributed by atoms with E-state index in [1.54, 1.807) is 0 Å². The van der Waals surface area contributed by atoms with E-state index in [9.17, 15) is 9.90 Å². The molecule has 1 saturated heterocycles. The Morgan fingerprint density at radius 1 is 1.03 bits per heavy atom. The SMILES string of the molecule is COC(=O)C12CN(Cc3ccccc3)CC1C(O)(c1ccc(Cl)cc1)CCC2c1ccccc1. The van der Waals surface area contributed by atoms with Gasteiger partial charge >= 0.3 is 5.97 Å². The van der Waals surface area contributed by atoms with Gasteiger partial charge in [-0.1, -0.05) is 84.4 Å². The lowest BCUT2D eigenvalue weighted by atomic mass is 9.53. The number of likely N-dealkylation sites (tertiary alicyclic amines) is 1. The fraction of sp³-hybridized carbons (Fsp3) is 0.345. The third-order valence-electron chi connectivity index (χ3n) is 7.92. The van der Waals surface area contributed by atoms with E-state index in [1.807, 2.05) is 60.7 Å². The highest BCUT2D eigenvalue weighted by Gasteiger charge is 2.66. The molecule has 3 aromatic rings. The summed E-state index contributed by atoms with van der Waals surface area (Å²) in [6, 6.07) is 27.9. The van der Waals surface area contributed by atoms with Crippen LogP contribution in [0.2, 0.25) is 5.02 Å². The average molecular weight is 476 g/mol. The molecule has 3 aromatic carbocycles. The smallest absolute Gasteiger partial charge is 0.314 e. The van der Waals surface area contributed by atoms with E-state index in [4.69, 9.17) is 16.3 Å². The fourth-order valence-corrected chi connectivity index (χ4v) is 6.55. The van der Waals surface area contributed by atoms with Crippen molar-refractivity contribution in [3.63, 3.8) is 0 Å². The number of nitrogens with zero attached hydrogens (tertiary/aromatic N) is 1. The van der Waals surface area contributed by atoms with Crippen LogP contribution in [0.5, 0.6) is 0 Å². The summed E-state index contributed by atoms with van der Waals surface area (Å²) in [5.74, 6) is -0.607. The first-order valence-corrected chi connectivity index (χ1v) is 12.2. The normalized spacial score (nSPS) is 28.9. The molecule has 2 fully saturated rings. The molecule has 5 heteroatoms. The molecule has 2 aliphatic rings. The molecule has 0 amide bonds. The predicted molar refractivity (Wildman–Crippen MR) is 133 cm³/mol. The topological polar surface area (TPSA) is 49.8 Å². The predicted octanol–water partition coefficient (Wildman–Crippen LogP) is 5.40. The molecule has 0 radical (unpaired) electrons. The first-order valence-electron chi connectivity index (χ1n) is 11.9. The van der Waals surface area contributed by atoms with Gasteiger partial charge in [0.15, 0.2) is 0 Å². The number of rotatable bonds is 5. The number of aliphatic hydroxyl groups is 1. The zero-order valence-corrected chi connectivity index (χ0v) is 20.1. The minimum Gasteiger partial charge on any atom is -0.469 e. The number of hydrogen-bond donors (Lipinski definition) is 1. The van der Waals surface area contributed by atoms with E-state index < -0.39 is 11.0 Å². The molecule has 1 aliphatic heterocycles. The molecule has 1 heterocycles. The van der Waals surface area contributed by atoms with Crippen molar-refractivity contribution in [2.45, 2.75) is 30.9 Å². The summed E-state index contributed by atoms with van der Waals surface area (Å²) in [6.07, 6.45) is 1.25. The maximum Gasteiger partial charge on any atom is 0.314 e. The lowest BCUT2D eigenvalue weighted by molar-refractivity contribution is -0.173. The fourth-order valence-electron chi connectivity index (χ4n) is 6.43. The molecule has 0 bridgehead atoms. The minimum absolute atomic E-state index is 0.0421. The van der Waals surface area contributed by atoms with Gasteiger partial charge in [0.05, 0.1) is 18.1 Å². The van der Waals surface area contributed by atoms with Crippen LogP contribution in [0.3, 0.4) is 0 Å². The Bertz CT molecular complexity index is 1140. The quantitative estimate of drug-likeness (QED) is 0.502. The Hall–Kier alpha value is -2.66. The third kappa shape index (κ3) is 3.84. The van der Waals surface area contributed by atoms with Crippen molar-refractivity contribution in [1.29, 1.82) is 0 Å². The van der Waals surface area contributed by atoms with Crippen LogP contribution in [0.4, 0.5) is 0 Å². The number of esters is 1. The second-order valence-electron chi connectivity index (χ2n) is 9.67. The van der Waals surface area contributed by atoms with Gasteiger partial charge in [-0.15, -0.1) is 0 Å². The number of fused-ring (bicyclic) bond motifs is 1. The van der Waals surface area contributed by atoms with Gasteiger partial charge in [-0.25, -0.2) is 0 Å². The van der Waals surface area contributed by atoms with E-state index in [2.05, 4.69) is 29.2 Å². The summed E-state index contributed by atoms with van der Waals surface area (Å²) in [7, 11) is 1.46. The Labute approximate surface area is 206 Å². The Kier molecular flexibility index (Phi) is 6.24. The number of benzene rings is 3. The highest BCUT2D eigenvalue weighted by atomic mass is 35.5. The van der Waals surface area contributed by atoms with Crippen molar-refractivity contribution in [2.75, 3.05) is 20.2 Å². The molecule has 1 saturated carbocycles. The molecule has 176 valence electrons. The van der Waals surface area contributed by atoms with Gasteiger partial charge in [0, 0.05) is 36.5 Å². The van der Waals surface area contributed by atoms with Crippen LogP contribution in [0.25, 0.3) is 0 Å². The standard InChI is InChI=1S/C29H30ClNO3/c1-34-27(32)28-20-31(18-21-8-4-2-5-9-21)19-26(28)29(33,23-12-14-24(30)15-13-23)17-16-25(28)22-10-6-3-7-11-22/h2-15,25-26,33H,16-20H2,1H3. The molecule has 4 unspecified atom stereocenters. The maximum absolute atomic E-state index is 13.7. The highest BCUT2D eigenvalue weighted by molar-refractivity contribution is 6.30. The summed E-state index contributed by atoms with van der Waals surface area (Å²) < 4.78 is 5.50. The van der Waals surface area contributed by atoms with Crippen molar-refractivity contribution >= 4 is 17.6 Å². The van der Waals surface area contributed by atoms with E-state index in [-0.39, 0.29) is 17.8 Å². The number of hydrogen-bond acceptors (Lipinski definition) is 4. The van der Waals surface area contributed by atoms with Gasteiger partial charge in [0.25, 0.3) is 0 Å². The number of methoxy groups -OCH3 is 1. The van der Waals surface area contributed by atoms with E-state index in [0.29, 0.717) is 37.5 Å². The highest BCUT2D eigenvalue weighted by Crippen LogP contribution is 2.61. The minimum atomic E-state index is -1.16. The van der Waals surface area contributed by atoms with Gasteiger partial charge < -0.3 is 9.84 Å². The molecule has 34 heavy (non-hydrogen) atoms. The summed E-state index contributed by atoms with van der Waals surface area (Å²) in [4.78, 5) is 16.0. The molecule has 1 N–H and O–H groups in total. The first-order chi connectivity index (χ1) is 16.5. The summed E-state index contributed by atoms with van der Waals surface area (Å²) >= 11 is 6.16. The maximum atomic E-state index is 13.7. The van der Waals surface area contributed by atoms with Crippen LogP contribution in [0.15, 0.2) is 84.9 Å². The molecule has 4 atom stereocenters. The van der Waals surface area contributed by atoms with Crippen LogP contribution >= 0.6 is 11.6 Å². The monoisotopic (exact) mass is 475 g/mol. The molecular weight excluding hydrogens is 446 g/mol. The van der Waals surface area contributed by atoms with Gasteiger partial charge in [0.2, 0.25) is 0 Å². The van der Waals surface area contributed by atoms with Crippen molar-refractivity contribution in [3.8, 4) is 0 Å². The third-order valence-corrected chi connectivity index (χ3v) is 8.17. The molecule has 4 nitrogen and oxygen atoms in total. The second-order valence-corrected chi connectivity index (χ2v) is 10.1. The molecule has 1 aliphatic carbocycles. The van der Waals surface area contributed by atoms with Crippen molar-refractivity contribution in [3.05, 3.63) is 107 Å². The lowest BCUT2D eigenvalue weighted by Crippen LogP contribution is -2.56. The number of carbonyl (C=O) groups is 1. The van der Waals surface area contributed by atoms with Gasteiger partial charge in [-0.3, -0.25) is 9.69 Å². The summed E-state index contributed by atoms with van der Waals surface area (Å²) in [6.45, 7) is 1.86. The Balaban J connectivity index is 1.62. The lowest BCUT2D eigenvalue weighted by Gasteiger charge is -2.51. The van der Waals surface area contributed by atoms with Crippen molar-refractivity contribution in [1.82, 2.24) is 4.90 Å². The number of carbonyl (C=O) groups excluding carboxylic acids is 1.